The highest BCUT2D eigenvalue weighted by Gasteiger charge is 2.42. The Hall–Kier alpha value is -0.0400. The Bertz CT molecular complexity index is 316. The molecule has 2 saturated heterocycles. The first-order valence-corrected chi connectivity index (χ1v) is 8.68. The molecule has 0 N–H and O–H groups in total. The number of nitrogens with zero attached hydrogens (tertiary/aromatic N) is 2. The van der Waals surface area contributed by atoms with Gasteiger partial charge in [0.25, 0.3) is 0 Å². The minimum atomic E-state index is -0.388. The minimum Gasteiger partial charge on any atom is -0.444 e. The van der Waals surface area contributed by atoms with Crippen molar-refractivity contribution in [3.8, 4) is 0 Å². The Kier molecular flexibility index (Phi) is 4.98. The van der Waals surface area contributed by atoms with Crippen molar-refractivity contribution < 1.29 is 9.53 Å². The van der Waals surface area contributed by atoms with Gasteiger partial charge in [0.15, 0.2) is 0 Å². The molecule has 5 heteroatoms. The zero-order valence-corrected chi connectivity index (χ0v) is 14.4. The quantitative estimate of drug-likeness (QED) is 0.558. The SMILES string of the molecule is CC(C)(C)OC(=O)N1CC2CN(CCCI)CC2C1. The van der Waals surface area contributed by atoms with E-state index in [4.69, 9.17) is 4.74 Å². The van der Waals surface area contributed by atoms with E-state index in [1.54, 1.807) is 0 Å². The number of fused-ring (bicyclic) bond motifs is 1. The van der Waals surface area contributed by atoms with Crippen molar-refractivity contribution in [2.45, 2.75) is 32.8 Å². The maximum Gasteiger partial charge on any atom is 0.410 e. The monoisotopic (exact) mass is 380 g/mol. The van der Waals surface area contributed by atoms with Gasteiger partial charge in [0.05, 0.1) is 0 Å². The number of carbonyl (C=O) groups excluding carboxylic acids is 1. The summed E-state index contributed by atoms with van der Waals surface area (Å²) in [5.41, 5.74) is -0.388. The lowest BCUT2D eigenvalue weighted by atomic mass is 10.0. The van der Waals surface area contributed by atoms with E-state index in [9.17, 15) is 4.79 Å². The smallest absolute Gasteiger partial charge is 0.410 e. The lowest BCUT2D eigenvalue weighted by molar-refractivity contribution is 0.0274. The van der Waals surface area contributed by atoms with Crippen LogP contribution in [0.3, 0.4) is 0 Å². The Morgan fingerprint density at radius 2 is 1.79 bits per heavy atom. The number of hydrogen-bond donors (Lipinski definition) is 0. The fourth-order valence-electron chi connectivity index (χ4n) is 3.03. The van der Waals surface area contributed by atoms with E-state index in [2.05, 4.69) is 27.5 Å². The van der Waals surface area contributed by atoms with Gasteiger partial charge in [-0.05, 0) is 45.6 Å². The normalized spacial score (nSPS) is 27.7. The highest BCUT2D eigenvalue weighted by molar-refractivity contribution is 14.1. The summed E-state index contributed by atoms with van der Waals surface area (Å²) in [6, 6.07) is 0. The molecule has 2 aliphatic heterocycles. The van der Waals surface area contributed by atoms with Crippen LogP contribution in [0.4, 0.5) is 4.79 Å². The Labute approximate surface area is 130 Å². The molecule has 19 heavy (non-hydrogen) atoms. The van der Waals surface area contributed by atoms with Crippen LogP contribution in [0.2, 0.25) is 0 Å². The first kappa shape index (κ1) is 15.4. The van der Waals surface area contributed by atoms with Crippen LogP contribution < -0.4 is 0 Å². The first-order valence-electron chi connectivity index (χ1n) is 7.15. The number of likely N-dealkylation sites (tertiary alicyclic amines) is 2. The molecule has 2 heterocycles. The first-order chi connectivity index (χ1) is 8.89. The molecule has 2 fully saturated rings. The molecule has 2 unspecified atom stereocenters. The Balaban J connectivity index is 1.79. The molecular weight excluding hydrogens is 355 g/mol. The third kappa shape index (κ3) is 4.21. The molecule has 2 atom stereocenters. The standard InChI is InChI=1S/C14H25IN2O2/c1-14(2,3)19-13(18)17-9-11-7-16(6-4-5-15)8-12(11)10-17/h11-12H,4-10H2,1-3H3. The number of ether oxygens (including phenoxy) is 1. The fraction of sp³-hybridized carbons (Fsp3) is 0.929. The van der Waals surface area contributed by atoms with Gasteiger partial charge in [0.1, 0.15) is 5.60 Å². The number of hydrogen-bond acceptors (Lipinski definition) is 3. The summed E-state index contributed by atoms with van der Waals surface area (Å²) >= 11 is 2.44. The Morgan fingerprint density at radius 1 is 1.21 bits per heavy atom. The van der Waals surface area contributed by atoms with Gasteiger partial charge in [-0.2, -0.15) is 0 Å². The predicted octanol–water partition coefficient (Wildman–Crippen LogP) is 2.61. The van der Waals surface area contributed by atoms with Gasteiger partial charge in [-0.3, -0.25) is 0 Å². The van der Waals surface area contributed by atoms with Crippen molar-refractivity contribution in [2.75, 3.05) is 37.2 Å². The number of carbonyl (C=O) groups is 1. The second-order valence-electron chi connectivity index (χ2n) is 6.71. The highest BCUT2D eigenvalue weighted by Crippen LogP contribution is 2.31. The van der Waals surface area contributed by atoms with Crippen molar-refractivity contribution >= 4 is 28.7 Å². The van der Waals surface area contributed by atoms with Gasteiger partial charge in [0.2, 0.25) is 0 Å². The zero-order valence-electron chi connectivity index (χ0n) is 12.2. The molecule has 2 aliphatic rings. The molecule has 0 aromatic rings. The largest absolute Gasteiger partial charge is 0.444 e. The lowest BCUT2D eigenvalue weighted by Gasteiger charge is -2.26. The summed E-state index contributed by atoms with van der Waals surface area (Å²) in [6.07, 6.45) is 1.14. The van der Waals surface area contributed by atoms with E-state index in [1.807, 2.05) is 25.7 Å². The van der Waals surface area contributed by atoms with Gasteiger partial charge >= 0.3 is 6.09 Å². The molecule has 0 spiro atoms. The van der Waals surface area contributed by atoms with E-state index in [1.165, 1.54) is 17.4 Å². The van der Waals surface area contributed by atoms with E-state index in [0.717, 1.165) is 26.2 Å². The highest BCUT2D eigenvalue weighted by atomic mass is 127. The van der Waals surface area contributed by atoms with Crippen LogP contribution in [0.1, 0.15) is 27.2 Å². The average molecular weight is 380 g/mol. The summed E-state index contributed by atoms with van der Waals surface area (Å²) in [5, 5.41) is 0. The molecular formula is C14H25IN2O2. The van der Waals surface area contributed by atoms with E-state index in [-0.39, 0.29) is 11.7 Å². The number of alkyl halides is 1. The van der Waals surface area contributed by atoms with Crippen molar-refractivity contribution in [3.05, 3.63) is 0 Å². The van der Waals surface area contributed by atoms with Gasteiger partial charge in [-0.1, -0.05) is 22.6 Å². The zero-order chi connectivity index (χ0) is 14.0. The number of amides is 1. The van der Waals surface area contributed by atoms with Gasteiger partial charge < -0.3 is 14.5 Å². The number of rotatable bonds is 3. The second-order valence-corrected chi connectivity index (χ2v) is 7.79. The topological polar surface area (TPSA) is 32.8 Å². The third-order valence-corrected chi connectivity index (χ3v) is 4.58. The molecule has 0 bridgehead atoms. The van der Waals surface area contributed by atoms with E-state index < -0.39 is 0 Å². The van der Waals surface area contributed by atoms with Gasteiger partial charge in [-0.15, -0.1) is 0 Å². The summed E-state index contributed by atoms with van der Waals surface area (Å²) in [6.45, 7) is 11.0. The van der Waals surface area contributed by atoms with E-state index >= 15 is 0 Å². The van der Waals surface area contributed by atoms with Crippen LogP contribution in [-0.4, -0.2) is 58.6 Å². The molecule has 110 valence electrons. The molecule has 1 amide bonds. The molecule has 2 rings (SSSR count). The van der Waals surface area contributed by atoms with Crippen molar-refractivity contribution in [1.29, 1.82) is 0 Å². The van der Waals surface area contributed by atoms with E-state index in [0.29, 0.717) is 11.8 Å². The van der Waals surface area contributed by atoms with Crippen LogP contribution >= 0.6 is 22.6 Å². The molecule has 4 nitrogen and oxygen atoms in total. The van der Waals surface area contributed by atoms with Crippen LogP contribution in [0.15, 0.2) is 0 Å². The predicted molar refractivity (Wildman–Crippen MR) is 84.7 cm³/mol. The van der Waals surface area contributed by atoms with Crippen LogP contribution in [0.25, 0.3) is 0 Å². The maximum atomic E-state index is 12.0. The molecule has 0 radical (unpaired) electrons. The van der Waals surface area contributed by atoms with Crippen LogP contribution in [0.5, 0.6) is 0 Å². The van der Waals surface area contributed by atoms with Crippen molar-refractivity contribution in [1.82, 2.24) is 9.80 Å². The molecule has 0 aliphatic carbocycles. The van der Waals surface area contributed by atoms with Crippen LogP contribution in [-0.2, 0) is 4.74 Å². The average Bonchev–Trinajstić information content (AvgIpc) is 2.81. The minimum absolute atomic E-state index is 0.138. The van der Waals surface area contributed by atoms with Crippen molar-refractivity contribution in [2.24, 2.45) is 11.8 Å². The molecule has 0 aromatic carbocycles. The van der Waals surface area contributed by atoms with Gasteiger partial charge in [0, 0.05) is 30.6 Å². The lowest BCUT2D eigenvalue weighted by Crippen LogP contribution is -2.37. The fourth-order valence-corrected chi connectivity index (χ4v) is 3.37. The third-order valence-electron chi connectivity index (χ3n) is 3.82. The van der Waals surface area contributed by atoms with Crippen LogP contribution in [0, 0.1) is 11.8 Å². The van der Waals surface area contributed by atoms with Crippen molar-refractivity contribution in [3.63, 3.8) is 0 Å². The van der Waals surface area contributed by atoms with Gasteiger partial charge in [-0.25, -0.2) is 4.79 Å². The summed E-state index contributed by atoms with van der Waals surface area (Å²) in [5.74, 6) is 1.31. The summed E-state index contributed by atoms with van der Waals surface area (Å²) < 4.78 is 6.68. The number of halogens is 1. The maximum absolute atomic E-state index is 12.0. The second kappa shape index (κ2) is 6.16. The molecule has 0 aromatic heterocycles. The summed E-state index contributed by atoms with van der Waals surface area (Å²) in [4.78, 5) is 16.5. The Morgan fingerprint density at radius 3 is 2.26 bits per heavy atom. The summed E-state index contributed by atoms with van der Waals surface area (Å²) in [7, 11) is 0. The molecule has 0 saturated carbocycles.